The van der Waals surface area contributed by atoms with Crippen molar-refractivity contribution in [1.29, 1.82) is 0 Å². The lowest BCUT2D eigenvalue weighted by Crippen LogP contribution is -2.46. The summed E-state index contributed by atoms with van der Waals surface area (Å²) >= 11 is 0. The van der Waals surface area contributed by atoms with E-state index in [0.29, 0.717) is 5.69 Å². The lowest BCUT2D eigenvalue weighted by Gasteiger charge is -2.18. The van der Waals surface area contributed by atoms with E-state index in [1.165, 1.54) is 31.2 Å². The molecule has 0 spiro atoms. The van der Waals surface area contributed by atoms with E-state index in [2.05, 4.69) is 5.32 Å². The third-order valence-corrected chi connectivity index (χ3v) is 3.97. The van der Waals surface area contributed by atoms with Crippen molar-refractivity contribution in [2.24, 2.45) is 0 Å². The van der Waals surface area contributed by atoms with Gasteiger partial charge in [0, 0.05) is 12.6 Å². The van der Waals surface area contributed by atoms with Gasteiger partial charge in [-0.25, -0.2) is 17.9 Å². The largest absolute Gasteiger partial charge is 0.479 e. The van der Waals surface area contributed by atoms with Crippen LogP contribution in [0.2, 0.25) is 0 Å². The Kier molecular flexibility index (Phi) is 5.05. The molecular formula is C12H16N2O6S. The molecule has 0 radical (unpaired) electrons. The SMILES string of the molecule is CC(=O)Nc1ccc(S(=O)(=O)NCC(C)(O)C(=O)O)cc1. The van der Waals surface area contributed by atoms with Crippen LogP contribution in [0, 0.1) is 0 Å². The molecular weight excluding hydrogens is 300 g/mol. The molecule has 0 aliphatic rings. The van der Waals surface area contributed by atoms with Gasteiger partial charge >= 0.3 is 5.97 Å². The summed E-state index contributed by atoms with van der Waals surface area (Å²) in [6, 6.07) is 5.29. The summed E-state index contributed by atoms with van der Waals surface area (Å²) in [6.07, 6.45) is 0. The summed E-state index contributed by atoms with van der Waals surface area (Å²) in [7, 11) is -3.96. The van der Waals surface area contributed by atoms with Crippen LogP contribution in [0.5, 0.6) is 0 Å². The van der Waals surface area contributed by atoms with Crippen molar-refractivity contribution in [3.8, 4) is 0 Å². The first kappa shape index (κ1) is 17.1. The number of nitrogens with one attached hydrogen (secondary N) is 2. The fourth-order valence-corrected chi connectivity index (χ4v) is 2.45. The number of rotatable bonds is 6. The molecule has 0 aliphatic carbocycles. The molecule has 1 atom stereocenters. The van der Waals surface area contributed by atoms with E-state index in [0.717, 1.165) is 6.92 Å². The van der Waals surface area contributed by atoms with Gasteiger partial charge in [-0.1, -0.05) is 0 Å². The number of sulfonamides is 1. The van der Waals surface area contributed by atoms with E-state index in [4.69, 9.17) is 5.11 Å². The van der Waals surface area contributed by atoms with Crippen molar-refractivity contribution < 1.29 is 28.2 Å². The number of carbonyl (C=O) groups is 2. The van der Waals surface area contributed by atoms with Crippen LogP contribution in [0.1, 0.15) is 13.8 Å². The van der Waals surface area contributed by atoms with Gasteiger partial charge in [-0.05, 0) is 31.2 Å². The minimum absolute atomic E-state index is 0.113. The summed E-state index contributed by atoms with van der Waals surface area (Å²) in [6.45, 7) is 1.63. The highest BCUT2D eigenvalue weighted by Crippen LogP contribution is 2.14. The zero-order valence-corrected chi connectivity index (χ0v) is 12.3. The highest BCUT2D eigenvalue weighted by Gasteiger charge is 2.31. The molecule has 8 nitrogen and oxygen atoms in total. The van der Waals surface area contributed by atoms with Crippen LogP contribution < -0.4 is 10.0 Å². The summed E-state index contributed by atoms with van der Waals surface area (Å²) in [4.78, 5) is 21.4. The zero-order chi connectivity index (χ0) is 16.3. The van der Waals surface area contributed by atoms with Crippen LogP contribution in [-0.4, -0.2) is 42.7 Å². The lowest BCUT2D eigenvalue weighted by molar-refractivity contribution is -0.155. The van der Waals surface area contributed by atoms with Gasteiger partial charge in [-0.15, -0.1) is 0 Å². The third-order valence-electron chi connectivity index (χ3n) is 2.55. The molecule has 0 bridgehead atoms. The number of carboxylic acid groups (broad SMARTS) is 1. The van der Waals surface area contributed by atoms with E-state index in [1.54, 1.807) is 0 Å². The average Bonchev–Trinajstić information content (AvgIpc) is 2.36. The molecule has 0 aliphatic heterocycles. The van der Waals surface area contributed by atoms with E-state index in [1.807, 2.05) is 4.72 Å². The Morgan fingerprint density at radius 1 is 1.24 bits per heavy atom. The second kappa shape index (κ2) is 6.20. The molecule has 1 amide bonds. The van der Waals surface area contributed by atoms with Crippen LogP contribution in [0.25, 0.3) is 0 Å². The monoisotopic (exact) mass is 316 g/mol. The molecule has 21 heavy (non-hydrogen) atoms. The van der Waals surface area contributed by atoms with E-state index < -0.39 is 28.1 Å². The van der Waals surface area contributed by atoms with E-state index >= 15 is 0 Å². The quantitative estimate of drug-likeness (QED) is 0.572. The number of aliphatic hydroxyl groups is 1. The van der Waals surface area contributed by atoms with Gasteiger partial charge in [0.1, 0.15) is 0 Å². The van der Waals surface area contributed by atoms with Crippen LogP contribution in [0.3, 0.4) is 0 Å². The van der Waals surface area contributed by atoms with E-state index in [-0.39, 0.29) is 10.8 Å². The first-order valence-corrected chi connectivity index (χ1v) is 7.36. The van der Waals surface area contributed by atoms with Gasteiger partial charge in [-0.2, -0.15) is 0 Å². The van der Waals surface area contributed by atoms with Crippen molar-refractivity contribution in [3.05, 3.63) is 24.3 Å². The standard InChI is InChI=1S/C12H16N2O6S/c1-8(15)14-9-3-5-10(6-4-9)21(19,20)13-7-12(2,18)11(16)17/h3-6,13,18H,7H2,1-2H3,(H,14,15)(H,16,17). The van der Waals surface area contributed by atoms with Crippen molar-refractivity contribution in [3.63, 3.8) is 0 Å². The topological polar surface area (TPSA) is 133 Å². The Bertz CT molecular complexity index is 636. The second-order valence-corrected chi connectivity index (χ2v) is 6.38. The molecule has 9 heteroatoms. The number of benzene rings is 1. The number of carbonyl (C=O) groups excluding carboxylic acids is 1. The van der Waals surface area contributed by atoms with Crippen molar-refractivity contribution >= 4 is 27.6 Å². The van der Waals surface area contributed by atoms with Gasteiger partial charge in [0.15, 0.2) is 5.60 Å². The normalized spacial score (nSPS) is 14.2. The first-order valence-electron chi connectivity index (χ1n) is 5.88. The first-order chi connectivity index (χ1) is 9.54. The fourth-order valence-electron chi connectivity index (χ4n) is 1.32. The van der Waals surface area contributed by atoms with Gasteiger partial charge in [0.05, 0.1) is 11.4 Å². The van der Waals surface area contributed by atoms with Gasteiger partial charge < -0.3 is 15.5 Å². The molecule has 1 aromatic rings. The smallest absolute Gasteiger partial charge is 0.336 e. The molecule has 1 aromatic carbocycles. The Hall–Kier alpha value is -1.97. The van der Waals surface area contributed by atoms with Gasteiger partial charge in [-0.3, -0.25) is 4.79 Å². The Morgan fingerprint density at radius 3 is 2.19 bits per heavy atom. The van der Waals surface area contributed by atoms with E-state index in [9.17, 15) is 23.1 Å². The predicted octanol–water partition coefficient (Wildman–Crippen LogP) is -0.241. The molecule has 0 heterocycles. The van der Waals surface area contributed by atoms with Crippen LogP contribution in [0.15, 0.2) is 29.2 Å². The van der Waals surface area contributed by atoms with Crippen LogP contribution in [-0.2, 0) is 19.6 Å². The van der Waals surface area contributed by atoms with Gasteiger partial charge in [0.25, 0.3) is 0 Å². The Labute approximate surface area is 121 Å². The summed E-state index contributed by atoms with van der Waals surface area (Å²) < 4.78 is 25.9. The number of hydrogen-bond acceptors (Lipinski definition) is 5. The van der Waals surface area contributed by atoms with Crippen molar-refractivity contribution in [2.45, 2.75) is 24.3 Å². The maximum atomic E-state index is 11.9. The molecule has 0 aromatic heterocycles. The third kappa shape index (κ3) is 4.81. The Morgan fingerprint density at radius 2 is 1.76 bits per heavy atom. The predicted molar refractivity (Wildman–Crippen MR) is 74.2 cm³/mol. The maximum absolute atomic E-state index is 11.9. The van der Waals surface area contributed by atoms with Crippen LogP contribution >= 0.6 is 0 Å². The highest BCUT2D eigenvalue weighted by molar-refractivity contribution is 7.89. The molecule has 116 valence electrons. The summed E-state index contributed by atoms with van der Waals surface area (Å²) in [5.74, 6) is -1.83. The molecule has 4 N–H and O–H groups in total. The average molecular weight is 316 g/mol. The van der Waals surface area contributed by atoms with Crippen molar-refractivity contribution in [1.82, 2.24) is 4.72 Å². The number of amides is 1. The summed E-state index contributed by atoms with van der Waals surface area (Å²) in [5, 5.41) is 20.7. The Balaban J connectivity index is 2.84. The molecule has 1 rings (SSSR count). The molecule has 0 fully saturated rings. The van der Waals surface area contributed by atoms with Crippen LogP contribution in [0.4, 0.5) is 5.69 Å². The number of aliphatic carboxylic acids is 1. The lowest BCUT2D eigenvalue weighted by atomic mass is 10.1. The van der Waals surface area contributed by atoms with Crippen molar-refractivity contribution in [2.75, 3.05) is 11.9 Å². The summed E-state index contributed by atoms with van der Waals surface area (Å²) in [5.41, 5.74) is -1.78. The minimum Gasteiger partial charge on any atom is -0.479 e. The fraction of sp³-hybridized carbons (Fsp3) is 0.333. The molecule has 0 saturated carbocycles. The number of hydrogen-bond donors (Lipinski definition) is 4. The number of anilines is 1. The maximum Gasteiger partial charge on any atom is 0.336 e. The highest BCUT2D eigenvalue weighted by atomic mass is 32.2. The molecule has 1 unspecified atom stereocenters. The van der Waals surface area contributed by atoms with Gasteiger partial charge in [0.2, 0.25) is 15.9 Å². The minimum atomic E-state index is -3.96. The zero-order valence-electron chi connectivity index (χ0n) is 11.5. The number of carboxylic acids is 1. The molecule has 0 saturated heterocycles. The second-order valence-electron chi connectivity index (χ2n) is 4.61.